The predicted octanol–water partition coefficient (Wildman–Crippen LogP) is 1.34. The van der Waals surface area contributed by atoms with E-state index in [1.807, 2.05) is 20.8 Å². The highest BCUT2D eigenvalue weighted by Crippen LogP contribution is 2.03. The van der Waals surface area contributed by atoms with Crippen LogP contribution in [0.25, 0.3) is 0 Å². The number of nitrogens with one attached hydrogen (secondary N) is 1. The molecule has 0 aliphatic rings. The van der Waals surface area contributed by atoms with Gasteiger partial charge >= 0.3 is 5.97 Å². The Kier molecular flexibility index (Phi) is 4.66. The number of carbonyl (C=O) groups is 1. The van der Waals surface area contributed by atoms with Crippen LogP contribution in [0.5, 0.6) is 0 Å². The SMILES string of the molecule is CC(=CC(=O)O)CNOC(C)(C)C. The Morgan fingerprint density at radius 2 is 2.08 bits per heavy atom. The highest BCUT2D eigenvalue weighted by molar-refractivity contribution is 5.80. The molecule has 4 heteroatoms. The van der Waals surface area contributed by atoms with Crippen LogP contribution >= 0.6 is 0 Å². The maximum Gasteiger partial charge on any atom is 0.328 e. The van der Waals surface area contributed by atoms with Crippen LogP contribution in [0.3, 0.4) is 0 Å². The number of hydrogen-bond donors (Lipinski definition) is 2. The van der Waals surface area contributed by atoms with Crippen LogP contribution in [0, 0.1) is 0 Å². The molecule has 0 aromatic rings. The Bertz CT molecular complexity index is 203. The summed E-state index contributed by atoms with van der Waals surface area (Å²) in [5.74, 6) is -0.935. The van der Waals surface area contributed by atoms with E-state index >= 15 is 0 Å². The molecule has 0 aliphatic heterocycles. The molecule has 0 fully saturated rings. The second kappa shape index (κ2) is 4.99. The second-order valence-corrected chi connectivity index (χ2v) is 3.86. The molecule has 0 aromatic carbocycles. The molecule has 0 unspecified atom stereocenters. The fourth-order valence-electron chi connectivity index (χ4n) is 0.628. The minimum Gasteiger partial charge on any atom is -0.478 e. The normalized spacial score (nSPS) is 13.1. The molecular formula is C9H17NO3. The second-order valence-electron chi connectivity index (χ2n) is 3.86. The molecule has 76 valence electrons. The molecule has 13 heavy (non-hydrogen) atoms. The standard InChI is InChI=1S/C9H17NO3/c1-7(5-8(11)12)6-10-13-9(2,3)4/h5,10H,6H2,1-4H3,(H,11,12). The summed E-state index contributed by atoms with van der Waals surface area (Å²) >= 11 is 0. The van der Waals surface area contributed by atoms with E-state index in [0.717, 1.165) is 11.6 Å². The quantitative estimate of drug-likeness (QED) is 0.515. The summed E-state index contributed by atoms with van der Waals surface area (Å²) < 4.78 is 0. The van der Waals surface area contributed by atoms with Gasteiger partial charge < -0.3 is 5.11 Å². The molecule has 4 nitrogen and oxygen atoms in total. The summed E-state index contributed by atoms with van der Waals surface area (Å²) in [6.07, 6.45) is 1.15. The molecule has 0 saturated carbocycles. The molecule has 0 heterocycles. The van der Waals surface area contributed by atoms with Crippen LogP contribution in [-0.2, 0) is 9.63 Å². The van der Waals surface area contributed by atoms with Gasteiger partial charge in [0.1, 0.15) is 0 Å². The van der Waals surface area contributed by atoms with E-state index in [1.165, 1.54) is 0 Å². The monoisotopic (exact) mass is 187 g/mol. The number of carboxylic acids is 1. The van der Waals surface area contributed by atoms with E-state index in [2.05, 4.69) is 5.48 Å². The number of hydrogen-bond acceptors (Lipinski definition) is 3. The number of carboxylic acid groups (broad SMARTS) is 1. The van der Waals surface area contributed by atoms with Gasteiger partial charge in [0, 0.05) is 12.6 Å². The van der Waals surface area contributed by atoms with Crippen molar-refractivity contribution in [3.8, 4) is 0 Å². The summed E-state index contributed by atoms with van der Waals surface area (Å²) in [5, 5.41) is 8.40. The van der Waals surface area contributed by atoms with Gasteiger partial charge in [-0.3, -0.25) is 4.84 Å². The summed E-state index contributed by atoms with van der Waals surface area (Å²) in [6.45, 7) is 7.89. The van der Waals surface area contributed by atoms with Crippen LogP contribution in [-0.4, -0.2) is 23.2 Å². The fourth-order valence-corrected chi connectivity index (χ4v) is 0.628. The van der Waals surface area contributed by atoms with Gasteiger partial charge in [0.15, 0.2) is 0 Å². The zero-order valence-corrected chi connectivity index (χ0v) is 8.55. The lowest BCUT2D eigenvalue weighted by molar-refractivity contribution is -0.131. The first-order valence-corrected chi connectivity index (χ1v) is 4.12. The van der Waals surface area contributed by atoms with Crippen molar-refractivity contribution in [1.29, 1.82) is 0 Å². The van der Waals surface area contributed by atoms with Gasteiger partial charge in [-0.1, -0.05) is 0 Å². The molecule has 2 N–H and O–H groups in total. The van der Waals surface area contributed by atoms with Gasteiger partial charge in [0.25, 0.3) is 0 Å². The molecule has 0 rings (SSSR count). The third-order valence-electron chi connectivity index (χ3n) is 1.10. The van der Waals surface area contributed by atoms with E-state index in [9.17, 15) is 4.79 Å². The van der Waals surface area contributed by atoms with E-state index in [4.69, 9.17) is 9.94 Å². The maximum atomic E-state index is 10.2. The minimum atomic E-state index is -0.935. The lowest BCUT2D eigenvalue weighted by Crippen LogP contribution is -2.30. The van der Waals surface area contributed by atoms with Crippen molar-refractivity contribution in [3.05, 3.63) is 11.6 Å². The molecule has 0 aliphatic carbocycles. The Hall–Kier alpha value is -0.870. The summed E-state index contributed by atoms with van der Waals surface area (Å²) in [7, 11) is 0. The maximum absolute atomic E-state index is 10.2. The highest BCUT2D eigenvalue weighted by atomic mass is 16.7. The molecule has 0 amide bonds. The predicted molar refractivity (Wildman–Crippen MR) is 50.2 cm³/mol. The van der Waals surface area contributed by atoms with Crippen molar-refractivity contribution in [2.75, 3.05) is 6.54 Å². The minimum absolute atomic E-state index is 0.260. The van der Waals surface area contributed by atoms with Gasteiger partial charge in [-0.25, -0.2) is 4.79 Å². The van der Waals surface area contributed by atoms with Crippen LogP contribution < -0.4 is 5.48 Å². The Morgan fingerprint density at radius 1 is 1.54 bits per heavy atom. The molecular weight excluding hydrogens is 170 g/mol. The fraction of sp³-hybridized carbons (Fsp3) is 0.667. The Balaban J connectivity index is 3.72. The average Bonchev–Trinajstić information content (AvgIpc) is 1.81. The third-order valence-corrected chi connectivity index (χ3v) is 1.10. The van der Waals surface area contributed by atoms with Gasteiger partial charge in [-0.05, 0) is 33.3 Å². The molecule has 0 bridgehead atoms. The van der Waals surface area contributed by atoms with E-state index in [1.54, 1.807) is 6.92 Å². The van der Waals surface area contributed by atoms with Crippen LogP contribution in [0.15, 0.2) is 11.6 Å². The summed E-state index contributed by atoms with van der Waals surface area (Å²) in [4.78, 5) is 15.4. The van der Waals surface area contributed by atoms with Crippen molar-refractivity contribution in [1.82, 2.24) is 5.48 Å². The van der Waals surface area contributed by atoms with Gasteiger partial charge in [-0.2, -0.15) is 5.48 Å². The van der Waals surface area contributed by atoms with Crippen molar-refractivity contribution in [3.63, 3.8) is 0 Å². The molecule has 0 spiro atoms. The topological polar surface area (TPSA) is 58.6 Å². The molecule has 0 aromatic heterocycles. The molecule has 0 radical (unpaired) electrons. The Morgan fingerprint density at radius 3 is 2.46 bits per heavy atom. The lowest BCUT2D eigenvalue weighted by Gasteiger charge is -2.19. The summed E-state index contributed by atoms with van der Waals surface area (Å²) in [6, 6.07) is 0. The largest absolute Gasteiger partial charge is 0.478 e. The van der Waals surface area contributed by atoms with Gasteiger partial charge in [0.05, 0.1) is 5.60 Å². The number of hydroxylamine groups is 1. The first-order chi connectivity index (χ1) is 5.81. The molecule has 0 saturated heterocycles. The third kappa shape index (κ3) is 9.04. The lowest BCUT2D eigenvalue weighted by atomic mass is 10.2. The van der Waals surface area contributed by atoms with Crippen molar-refractivity contribution in [2.45, 2.75) is 33.3 Å². The smallest absolute Gasteiger partial charge is 0.328 e. The molecule has 0 atom stereocenters. The van der Waals surface area contributed by atoms with Crippen molar-refractivity contribution in [2.24, 2.45) is 0 Å². The van der Waals surface area contributed by atoms with Crippen LogP contribution in [0.4, 0.5) is 0 Å². The van der Waals surface area contributed by atoms with E-state index in [-0.39, 0.29) is 5.60 Å². The van der Waals surface area contributed by atoms with E-state index < -0.39 is 5.97 Å². The highest BCUT2D eigenvalue weighted by Gasteiger charge is 2.09. The first kappa shape index (κ1) is 12.1. The van der Waals surface area contributed by atoms with Gasteiger partial charge in [-0.15, -0.1) is 0 Å². The zero-order valence-electron chi connectivity index (χ0n) is 8.55. The van der Waals surface area contributed by atoms with Crippen LogP contribution in [0.1, 0.15) is 27.7 Å². The van der Waals surface area contributed by atoms with Crippen molar-refractivity contribution >= 4 is 5.97 Å². The van der Waals surface area contributed by atoms with E-state index in [0.29, 0.717) is 6.54 Å². The van der Waals surface area contributed by atoms with Crippen molar-refractivity contribution < 1.29 is 14.7 Å². The zero-order chi connectivity index (χ0) is 10.5. The average molecular weight is 187 g/mol. The van der Waals surface area contributed by atoms with Crippen LogP contribution in [0.2, 0.25) is 0 Å². The number of aliphatic carboxylic acids is 1. The Labute approximate surface area is 78.5 Å². The van der Waals surface area contributed by atoms with Gasteiger partial charge in [0.2, 0.25) is 0 Å². The summed E-state index contributed by atoms with van der Waals surface area (Å²) in [5.41, 5.74) is 3.16. The number of rotatable bonds is 4. The first-order valence-electron chi connectivity index (χ1n) is 4.12.